The van der Waals surface area contributed by atoms with Crippen molar-refractivity contribution in [3.63, 3.8) is 0 Å². The summed E-state index contributed by atoms with van der Waals surface area (Å²) in [6.45, 7) is 0. The summed E-state index contributed by atoms with van der Waals surface area (Å²) in [5.41, 5.74) is 5.21. The fourth-order valence-electron chi connectivity index (χ4n) is 3.86. The molecule has 0 spiro atoms. The SMILES string of the molecule is COc1ccc(-c2cc(-c3ccccc3)c3c(n2)[nH]c2cc(F)ccc23)cc1OC. The van der Waals surface area contributed by atoms with Crippen LogP contribution in [-0.2, 0) is 0 Å². The number of pyridine rings is 1. The molecule has 0 unspecified atom stereocenters. The molecule has 0 aliphatic heterocycles. The number of halogens is 1. The predicted octanol–water partition coefficient (Wildman–Crippen LogP) is 6.21. The number of aromatic nitrogens is 2. The number of aromatic amines is 1. The van der Waals surface area contributed by atoms with E-state index in [1.54, 1.807) is 20.3 Å². The van der Waals surface area contributed by atoms with Crippen LogP contribution in [0.25, 0.3) is 44.3 Å². The Kier molecular flexibility index (Phi) is 4.36. The predicted molar refractivity (Wildman–Crippen MR) is 118 cm³/mol. The second-order valence-electron chi connectivity index (χ2n) is 7.03. The van der Waals surface area contributed by atoms with Gasteiger partial charge in [-0.3, -0.25) is 0 Å². The van der Waals surface area contributed by atoms with E-state index in [0.29, 0.717) is 17.1 Å². The fourth-order valence-corrected chi connectivity index (χ4v) is 3.86. The van der Waals surface area contributed by atoms with Gasteiger partial charge in [-0.1, -0.05) is 30.3 Å². The lowest BCUT2D eigenvalue weighted by Crippen LogP contribution is -1.93. The lowest BCUT2D eigenvalue weighted by molar-refractivity contribution is 0.355. The second-order valence-corrected chi connectivity index (χ2v) is 7.03. The van der Waals surface area contributed by atoms with Crippen molar-refractivity contribution in [3.05, 3.63) is 78.6 Å². The average Bonchev–Trinajstić information content (AvgIpc) is 3.15. The summed E-state index contributed by atoms with van der Waals surface area (Å²) in [6.07, 6.45) is 0. The number of nitrogens with zero attached hydrogens (tertiary/aromatic N) is 1. The monoisotopic (exact) mass is 398 g/mol. The lowest BCUT2D eigenvalue weighted by Gasteiger charge is -2.11. The van der Waals surface area contributed by atoms with Crippen molar-refractivity contribution in [2.24, 2.45) is 0 Å². The molecule has 0 fully saturated rings. The number of rotatable bonds is 4. The van der Waals surface area contributed by atoms with Crippen molar-refractivity contribution < 1.29 is 13.9 Å². The minimum Gasteiger partial charge on any atom is -0.493 e. The highest BCUT2D eigenvalue weighted by Crippen LogP contribution is 2.38. The zero-order chi connectivity index (χ0) is 20.7. The summed E-state index contributed by atoms with van der Waals surface area (Å²) in [7, 11) is 3.22. The minimum atomic E-state index is -0.282. The minimum absolute atomic E-state index is 0.282. The molecule has 4 nitrogen and oxygen atoms in total. The van der Waals surface area contributed by atoms with Crippen LogP contribution in [0.15, 0.2) is 72.8 Å². The van der Waals surface area contributed by atoms with Crippen LogP contribution in [0, 0.1) is 5.82 Å². The summed E-state index contributed by atoms with van der Waals surface area (Å²) >= 11 is 0. The van der Waals surface area contributed by atoms with Crippen LogP contribution in [0.3, 0.4) is 0 Å². The van der Waals surface area contributed by atoms with Gasteiger partial charge in [-0.25, -0.2) is 9.37 Å². The van der Waals surface area contributed by atoms with E-state index in [4.69, 9.17) is 14.5 Å². The third-order valence-corrected chi connectivity index (χ3v) is 5.29. The van der Waals surface area contributed by atoms with Crippen LogP contribution in [0.5, 0.6) is 11.5 Å². The van der Waals surface area contributed by atoms with Gasteiger partial charge in [0.05, 0.1) is 25.4 Å². The highest BCUT2D eigenvalue weighted by atomic mass is 19.1. The van der Waals surface area contributed by atoms with Gasteiger partial charge in [-0.2, -0.15) is 0 Å². The molecule has 0 radical (unpaired) electrons. The Bertz CT molecular complexity index is 1380. The van der Waals surface area contributed by atoms with Crippen LogP contribution in [0.1, 0.15) is 0 Å². The van der Waals surface area contributed by atoms with Crippen LogP contribution in [0.4, 0.5) is 4.39 Å². The van der Waals surface area contributed by atoms with Crippen LogP contribution >= 0.6 is 0 Å². The first-order valence-corrected chi connectivity index (χ1v) is 9.58. The summed E-state index contributed by atoms with van der Waals surface area (Å²) in [5, 5.41) is 1.91. The molecule has 5 rings (SSSR count). The number of hydrogen-bond acceptors (Lipinski definition) is 3. The van der Waals surface area contributed by atoms with E-state index in [1.807, 2.05) is 36.4 Å². The van der Waals surface area contributed by atoms with E-state index in [1.165, 1.54) is 12.1 Å². The van der Waals surface area contributed by atoms with Crippen LogP contribution in [-0.4, -0.2) is 24.2 Å². The smallest absolute Gasteiger partial charge is 0.161 e. The highest BCUT2D eigenvalue weighted by Gasteiger charge is 2.16. The summed E-state index contributed by atoms with van der Waals surface area (Å²) < 4.78 is 24.6. The molecule has 0 saturated carbocycles. The molecular weight excluding hydrogens is 379 g/mol. The molecule has 5 heteroatoms. The lowest BCUT2D eigenvalue weighted by atomic mass is 9.98. The van der Waals surface area contributed by atoms with Gasteiger partial charge in [-0.15, -0.1) is 0 Å². The van der Waals surface area contributed by atoms with E-state index >= 15 is 0 Å². The fraction of sp³-hybridized carbons (Fsp3) is 0.0800. The molecule has 2 heterocycles. The largest absolute Gasteiger partial charge is 0.493 e. The normalized spacial score (nSPS) is 11.2. The van der Waals surface area contributed by atoms with Crippen molar-refractivity contribution in [2.45, 2.75) is 0 Å². The Hall–Kier alpha value is -3.86. The molecule has 0 amide bonds. The van der Waals surface area contributed by atoms with Gasteiger partial charge in [0.25, 0.3) is 0 Å². The molecule has 30 heavy (non-hydrogen) atoms. The van der Waals surface area contributed by atoms with Gasteiger partial charge in [0, 0.05) is 16.3 Å². The van der Waals surface area contributed by atoms with Crippen molar-refractivity contribution in [1.82, 2.24) is 9.97 Å². The van der Waals surface area contributed by atoms with Crippen LogP contribution < -0.4 is 9.47 Å². The molecule has 1 N–H and O–H groups in total. The molecule has 0 bridgehead atoms. The van der Waals surface area contributed by atoms with E-state index in [2.05, 4.69) is 23.2 Å². The first kappa shape index (κ1) is 18.2. The molecular formula is C25H19FN2O2. The van der Waals surface area contributed by atoms with Gasteiger partial charge in [0.2, 0.25) is 0 Å². The highest BCUT2D eigenvalue weighted by molar-refractivity contribution is 6.13. The summed E-state index contributed by atoms with van der Waals surface area (Å²) in [6, 6.07) is 22.7. The van der Waals surface area contributed by atoms with E-state index in [0.717, 1.165) is 38.7 Å². The summed E-state index contributed by atoms with van der Waals surface area (Å²) in [5.74, 6) is 1.01. The van der Waals surface area contributed by atoms with Crippen molar-refractivity contribution in [1.29, 1.82) is 0 Å². The number of fused-ring (bicyclic) bond motifs is 3. The third kappa shape index (κ3) is 2.95. The second kappa shape index (κ2) is 7.19. The first-order valence-electron chi connectivity index (χ1n) is 9.58. The quantitative estimate of drug-likeness (QED) is 0.392. The Morgan fingerprint density at radius 3 is 2.37 bits per heavy atom. The Morgan fingerprint density at radius 2 is 1.60 bits per heavy atom. The summed E-state index contributed by atoms with van der Waals surface area (Å²) in [4.78, 5) is 8.14. The number of nitrogens with one attached hydrogen (secondary N) is 1. The Balaban J connectivity index is 1.82. The number of benzene rings is 3. The van der Waals surface area contributed by atoms with E-state index < -0.39 is 0 Å². The maximum absolute atomic E-state index is 13.8. The molecule has 0 aliphatic carbocycles. The number of ether oxygens (including phenoxy) is 2. The van der Waals surface area contributed by atoms with Crippen molar-refractivity contribution >= 4 is 21.9 Å². The Morgan fingerprint density at radius 1 is 0.800 bits per heavy atom. The molecule has 5 aromatic rings. The number of methoxy groups -OCH3 is 2. The first-order chi connectivity index (χ1) is 14.7. The van der Waals surface area contributed by atoms with Gasteiger partial charge in [0.1, 0.15) is 11.5 Å². The van der Waals surface area contributed by atoms with Crippen molar-refractivity contribution in [2.75, 3.05) is 14.2 Å². The number of H-pyrrole nitrogens is 1. The molecule has 148 valence electrons. The molecule has 2 aromatic heterocycles. The van der Waals surface area contributed by atoms with Crippen molar-refractivity contribution in [3.8, 4) is 33.9 Å². The standard InChI is InChI=1S/C25H19FN2O2/c1-29-22-11-8-16(12-23(22)30-2)20-14-19(15-6-4-3-5-7-15)24-18-10-9-17(26)13-21(18)28-25(24)27-20/h3-14H,1-2H3,(H,27,28). The average molecular weight is 398 g/mol. The topological polar surface area (TPSA) is 47.1 Å². The van der Waals surface area contributed by atoms with Crippen LogP contribution in [0.2, 0.25) is 0 Å². The van der Waals surface area contributed by atoms with Gasteiger partial charge in [-0.05, 0) is 53.6 Å². The molecule has 3 aromatic carbocycles. The van der Waals surface area contributed by atoms with Gasteiger partial charge >= 0.3 is 0 Å². The van der Waals surface area contributed by atoms with E-state index in [9.17, 15) is 4.39 Å². The number of hydrogen-bond donors (Lipinski definition) is 1. The zero-order valence-electron chi connectivity index (χ0n) is 16.6. The zero-order valence-corrected chi connectivity index (χ0v) is 16.6. The molecule has 0 atom stereocenters. The van der Waals surface area contributed by atoms with E-state index in [-0.39, 0.29) is 5.82 Å². The molecule has 0 saturated heterocycles. The van der Waals surface area contributed by atoms with Gasteiger partial charge in [0.15, 0.2) is 11.5 Å². The third-order valence-electron chi connectivity index (χ3n) is 5.29. The Labute approximate surface area is 172 Å². The van der Waals surface area contributed by atoms with Gasteiger partial charge < -0.3 is 14.5 Å². The maximum atomic E-state index is 13.8. The molecule has 0 aliphatic rings. The maximum Gasteiger partial charge on any atom is 0.161 e.